The summed E-state index contributed by atoms with van der Waals surface area (Å²) >= 11 is 0. The number of rotatable bonds is 4. The van der Waals surface area contributed by atoms with Crippen LogP contribution in [0.1, 0.15) is 12.1 Å². The molecule has 0 radical (unpaired) electrons. The Morgan fingerprint density at radius 2 is 2.35 bits per heavy atom. The fourth-order valence-electron chi connectivity index (χ4n) is 1.81. The monoisotopic (exact) mass is 230 g/mol. The molecule has 0 aromatic carbocycles. The second kappa shape index (κ2) is 4.85. The number of aromatic nitrogens is 2. The van der Waals surface area contributed by atoms with E-state index in [1.54, 1.807) is 0 Å². The van der Waals surface area contributed by atoms with Crippen molar-refractivity contribution < 1.29 is 5.11 Å². The van der Waals surface area contributed by atoms with Crippen LogP contribution in [-0.2, 0) is 6.61 Å². The van der Waals surface area contributed by atoms with Crippen LogP contribution in [0.3, 0.4) is 0 Å². The lowest BCUT2D eigenvalue weighted by atomic mass is 10.3. The minimum atomic E-state index is -0.0720. The second-order valence-corrected chi connectivity index (χ2v) is 3.80. The molecule has 5 heteroatoms. The van der Waals surface area contributed by atoms with Crippen LogP contribution in [0.15, 0.2) is 24.4 Å². The lowest BCUT2D eigenvalue weighted by Crippen LogP contribution is -2.20. The third kappa shape index (κ3) is 2.08. The average molecular weight is 230 g/mol. The Morgan fingerprint density at radius 1 is 1.53 bits per heavy atom. The number of imidazole rings is 1. The maximum atomic E-state index is 9.43. The molecule has 2 aromatic heterocycles. The zero-order chi connectivity index (χ0) is 12.3. The molecule has 0 aliphatic carbocycles. The number of nitrogens with zero attached hydrogens (tertiary/aromatic N) is 4. The SMILES string of the molecule is CN(CCC#N)c1nc2ccccn2c1CO. The molecule has 0 aliphatic rings. The third-order valence-corrected chi connectivity index (χ3v) is 2.68. The molecule has 88 valence electrons. The molecule has 2 heterocycles. The molecule has 0 amide bonds. The van der Waals surface area contributed by atoms with E-state index in [-0.39, 0.29) is 6.61 Å². The van der Waals surface area contributed by atoms with Crippen LogP contribution < -0.4 is 4.90 Å². The molecule has 2 rings (SSSR count). The summed E-state index contributed by atoms with van der Waals surface area (Å²) in [6.07, 6.45) is 2.31. The van der Waals surface area contributed by atoms with Crippen molar-refractivity contribution in [3.8, 4) is 6.07 Å². The molecule has 1 N–H and O–H groups in total. The second-order valence-electron chi connectivity index (χ2n) is 3.80. The van der Waals surface area contributed by atoms with E-state index in [4.69, 9.17) is 5.26 Å². The van der Waals surface area contributed by atoms with E-state index in [1.165, 1.54) is 0 Å². The summed E-state index contributed by atoms with van der Waals surface area (Å²) in [6, 6.07) is 7.79. The standard InChI is InChI=1S/C12H14N4O/c1-15(7-4-6-13)12-10(9-17)16-8-3-2-5-11(16)14-12/h2-3,5,8,17H,4,7,9H2,1H3. The summed E-state index contributed by atoms with van der Waals surface area (Å²) in [6.45, 7) is 0.533. The Labute approximate surface area is 99.5 Å². The van der Waals surface area contributed by atoms with Gasteiger partial charge in [0, 0.05) is 19.8 Å². The predicted octanol–water partition coefficient (Wildman–Crippen LogP) is 1.18. The molecular formula is C12H14N4O. The van der Waals surface area contributed by atoms with Crippen molar-refractivity contribution in [2.45, 2.75) is 13.0 Å². The summed E-state index contributed by atoms with van der Waals surface area (Å²) < 4.78 is 1.86. The summed E-state index contributed by atoms with van der Waals surface area (Å²) in [5, 5.41) is 18.0. The van der Waals surface area contributed by atoms with Gasteiger partial charge in [-0.3, -0.25) is 4.40 Å². The van der Waals surface area contributed by atoms with Gasteiger partial charge in [-0.25, -0.2) is 4.98 Å². The van der Waals surface area contributed by atoms with Crippen LogP contribution in [0, 0.1) is 11.3 Å². The van der Waals surface area contributed by atoms with Crippen molar-refractivity contribution in [2.75, 3.05) is 18.5 Å². The van der Waals surface area contributed by atoms with E-state index in [1.807, 2.05) is 40.7 Å². The van der Waals surface area contributed by atoms with Gasteiger partial charge in [0.1, 0.15) is 5.65 Å². The van der Waals surface area contributed by atoms with Crippen LogP contribution in [0.25, 0.3) is 5.65 Å². The average Bonchev–Trinajstić information content (AvgIpc) is 2.74. The molecule has 0 atom stereocenters. The van der Waals surface area contributed by atoms with Crippen LogP contribution in [0.2, 0.25) is 0 Å². The van der Waals surface area contributed by atoms with Crippen LogP contribution >= 0.6 is 0 Å². The van der Waals surface area contributed by atoms with Gasteiger partial charge in [-0.2, -0.15) is 5.26 Å². The fourth-order valence-corrected chi connectivity index (χ4v) is 1.81. The molecule has 2 aromatic rings. The Kier molecular flexibility index (Phi) is 3.26. The highest BCUT2D eigenvalue weighted by Crippen LogP contribution is 2.20. The Morgan fingerprint density at radius 3 is 3.06 bits per heavy atom. The molecule has 17 heavy (non-hydrogen) atoms. The van der Waals surface area contributed by atoms with Crippen molar-refractivity contribution in [1.29, 1.82) is 5.26 Å². The molecule has 0 aliphatic heterocycles. The number of hydrogen-bond acceptors (Lipinski definition) is 4. The number of pyridine rings is 1. The number of nitriles is 1. The maximum absolute atomic E-state index is 9.43. The summed E-state index contributed by atoms with van der Waals surface area (Å²) in [7, 11) is 1.87. The van der Waals surface area contributed by atoms with E-state index in [0.29, 0.717) is 13.0 Å². The van der Waals surface area contributed by atoms with Crippen LogP contribution in [0.5, 0.6) is 0 Å². The molecule has 0 unspecified atom stereocenters. The maximum Gasteiger partial charge on any atom is 0.153 e. The highest BCUT2D eigenvalue weighted by atomic mass is 16.3. The minimum absolute atomic E-state index is 0.0720. The first-order chi connectivity index (χ1) is 8.27. The highest BCUT2D eigenvalue weighted by molar-refractivity contribution is 5.55. The van der Waals surface area contributed by atoms with Gasteiger partial charge < -0.3 is 10.0 Å². The van der Waals surface area contributed by atoms with Gasteiger partial charge >= 0.3 is 0 Å². The van der Waals surface area contributed by atoms with E-state index >= 15 is 0 Å². The Hall–Kier alpha value is -2.06. The number of aliphatic hydroxyl groups excluding tert-OH is 1. The Bertz CT molecular complexity index is 555. The molecule has 0 saturated carbocycles. The molecule has 0 saturated heterocycles. The summed E-state index contributed by atoms with van der Waals surface area (Å²) in [5.74, 6) is 0.731. The van der Waals surface area contributed by atoms with E-state index in [2.05, 4.69) is 11.1 Å². The summed E-state index contributed by atoms with van der Waals surface area (Å²) in [5.41, 5.74) is 1.55. The lowest BCUT2D eigenvalue weighted by Gasteiger charge is -2.15. The number of aliphatic hydroxyl groups is 1. The van der Waals surface area contributed by atoms with Crippen LogP contribution in [-0.4, -0.2) is 28.1 Å². The fraction of sp³-hybridized carbons (Fsp3) is 0.333. The quantitative estimate of drug-likeness (QED) is 0.856. The molecule has 0 spiro atoms. The van der Waals surface area contributed by atoms with Gasteiger partial charge in [-0.15, -0.1) is 0 Å². The van der Waals surface area contributed by atoms with Crippen molar-refractivity contribution in [1.82, 2.24) is 9.38 Å². The first kappa shape index (κ1) is 11.4. The highest BCUT2D eigenvalue weighted by Gasteiger charge is 2.14. The van der Waals surface area contributed by atoms with Gasteiger partial charge in [0.15, 0.2) is 5.82 Å². The molecule has 0 fully saturated rings. The van der Waals surface area contributed by atoms with E-state index in [0.717, 1.165) is 17.2 Å². The van der Waals surface area contributed by atoms with Gasteiger partial charge in [0.25, 0.3) is 0 Å². The van der Waals surface area contributed by atoms with Gasteiger partial charge in [0.05, 0.1) is 24.8 Å². The predicted molar refractivity (Wildman–Crippen MR) is 64.6 cm³/mol. The van der Waals surface area contributed by atoms with Crippen molar-refractivity contribution >= 4 is 11.5 Å². The first-order valence-corrected chi connectivity index (χ1v) is 5.43. The lowest BCUT2D eigenvalue weighted by molar-refractivity contribution is 0.276. The van der Waals surface area contributed by atoms with Crippen molar-refractivity contribution in [2.24, 2.45) is 0 Å². The topological polar surface area (TPSA) is 64.6 Å². The smallest absolute Gasteiger partial charge is 0.153 e. The van der Waals surface area contributed by atoms with Gasteiger partial charge in [-0.05, 0) is 12.1 Å². The zero-order valence-corrected chi connectivity index (χ0v) is 9.67. The molecular weight excluding hydrogens is 216 g/mol. The van der Waals surface area contributed by atoms with E-state index < -0.39 is 0 Å². The number of anilines is 1. The van der Waals surface area contributed by atoms with Crippen molar-refractivity contribution in [3.63, 3.8) is 0 Å². The largest absolute Gasteiger partial charge is 0.390 e. The zero-order valence-electron chi connectivity index (χ0n) is 9.67. The van der Waals surface area contributed by atoms with E-state index in [9.17, 15) is 5.11 Å². The number of hydrogen-bond donors (Lipinski definition) is 1. The molecule has 0 bridgehead atoms. The van der Waals surface area contributed by atoms with Crippen LogP contribution in [0.4, 0.5) is 5.82 Å². The van der Waals surface area contributed by atoms with Gasteiger partial charge in [-0.1, -0.05) is 6.07 Å². The minimum Gasteiger partial charge on any atom is -0.390 e. The Balaban J connectivity index is 2.43. The van der Waals surface area contributed by atoms with Gasteiger partial charge in [0.2, 0.25) is 0 Å². The van der Waals surface area contributed by atoms with Crippen molar-refractivity contribution in [3.05, 3.63) is 30.1 Å². The first-order valence-electron chi connectivity index (χ1n) is 5.43. The third-order valence-electron chi connectivity index (χ3n) is 2.68. The number of fused-ring (bicyclic) bond motifs is 1. The normalized spacial score (nSPS) is 10.4. The summed E-state index contributed by atoms with van der Waals surface area (Å²) in [4.78, 5) is 6.35. The molecule has 5 nitrogen and oxygen atoms in total.